The zero-order valence-corrected chi connectivity index (χ0v) is 17.6. The molecule has 0 spiro atoms. The molecule has 1 aromatic carbocycles. The number of nitrogens with zero attached hydrogens (tertiary/aromatic N) is 3. The van der Waals surface area contributed by atoms with Crippen LogP contribution in [-0.4, -0.2) is 25.7 Å². The largest absolute Gasteiger partial charge is 0.310 e. The first-order valence-electron chi connectivity index (χ1n) is 10.5. The monoisotopic (exact) mass is 405 g/mol. The fourth-order valence-corrected chi connectivity index (χ4v) is 3.56. The van der Waals surface area contributed by atoms with Gasteiger partial charge in [-0.25, -0.2) is 4.98 Å². The van der Waals surface area contributed by atoms with E-state index in [2.05, 4.69) is 20.4 Å². The number of nitrogens with one attached hydrogen (secondary N) is 2. The summed E-state index contributed by atoms with van der Waals surface area (Å²) >= 11 is 0. The maximum Gasteiger partial charge on any atom is 0.252 e. The van der Waals surface area contributed by atoms with Crippen LogP contribution in [0, 0.1) is 0 Å². The highest BCUT2D eigenvalue weighted by Crippen LogP contribution is 2.40. The van der Waals surface area contributed by atoms with Crippen LogP contribution in [0.15, 0.2) is 47.3 Å². The van der Waals surface area contributed by atoms with Gasteiger partial charge in [-0.15, -0.1) is 0 Å². The molecule has 2 aromatic heterocycles. The van der Waals surface area contributed by atoms with Crippen molar-refractivity contribution in [3.63, 3.8) is 0 Å². The number of anilines is 1. The van der Waals surface area contributed by atoms with Crippen molar-refractivity contribution in [3.8, 4) is 5.95 Å². The van der Waals surface area contributed by atoms with Gasteiger partial charge in [-0.3, -0.25) is 14.6 Å². The first-order chi connectivity index (χ1) is 14.5. The van der Waals surface area contributed by atoms with E-state index in [4.69, 9.17) is 0 Å². The number of hydrogen-bond donors (Lipinski definition) is 2. The molecule has 1 atom stereocenters. The molecule has 156 valence electrons. The van der Waals surface area contributed by atoms with Crippen molar-refractivity contribution in [1.82, 2.24) is 19.7 Å². The number of hydrogen-bond acceptors (Lipinski definition) is 4. The molecule has 7 nitrogen and oxygen atoms in total. The molecule has 1 fully saturated rings. The topological polar surface area (TPSA) is 92.7 Å². The fourth-order valence-electron chi connectivity index (χ4n) is 3.56. The number of amides is 1. The number of carbonyl (C=O) groups is 1. The highest BCUT2D eigenvalue weighted by Gasteiger charge is 2.29. The van der Waals surface area contributed by atoms with Gasteiger partial charge in [-0.1, -0.05) is 51.1 Å². The lowest BCUT2D eigenvalue weighted by atomic mass is 9.96. The fraction of sp³-hybridized carbons (Fsp3) is 0.391. The highest BCUT2D eigenvalue weighted by atomic mass is 16.2. The Balaban J connectivity index is 1.70. The standard InChI is InChI=1S/C23H27N5O2/c1-4-17(15-8-6-5-7-9-15)22(30)25-20-12-19(16-10-11-16)27-28(20)23-24-18(14(2)3)13-21(29)26-23/h5-9,12-14,16-17H,4,10-11H2,1-3H3,(H,25,30)(H,24,26,29). The lowest BCUT2D eigenvalue weighted by Crippen LogP contribution is -2.23. The molecular formula is C23H27N5O2. The first-order valence-corrected chi connectivity index (χ1v) is 10.5. The molecule has 0 aliphatic heterocycles. The quantitative estimate of drug-likeness (QED) is 0.619. The number of carbonyl (C=O) groups excluding carboxylic acids is 1. The van der Waals surface area contributed by atoms with E-state index in [0.717, 1.165) is 24.1 Å². The van der Waals surface area contributed by atoms with E-state index in [9.17, 15) is 9.59 Å². The van der Waals surface area contributed by atoms with E-state index < -0.39 is 0 Å². The van der Waals surface area contributed by atoms with Gasteiger partial charge in [0.15, 0.2) is 0 Å². The summed E-state index contributed by atoms with van der Waals surface area (Å²) in [5.74, 6) is 0.979. The highest BCUT2D eigenvalue weighted by molar-refractivity contribution is 5.95. The van der Waals surface area contributed by atoms with Gasteiger partial charge < -0.3 is 5.32 Å². The van der Waals surface area contributed by atoms with Crippen molar-refractivity contribution in [2.75, 3.05) is 5.32 Å². The Kier molecular flexibility index (Phi) is 5.53. The number of aromatic amines is 1. The van der Waals surface area contributed by atoms with Crippen LogP contribution >= 0.6 is 0 Å². The SMILES string of the molecule is CCC(C(=O)Nc1cc(C2CC2)nn1-c1nc(C(C)C)cc(=O)[nH]1)c1ccccc1. The van der Waals surface area contributed by atoms with E-state index in [-0.39, 0.29) is 23.3 Å². The summed E-state index contributed by atoms with van der Waals surface area (Å²) in [6.07, 6.45) is 2.85. The number of aromatic nitrogens is 4. The van der Waals surface area contributed by atoms with Gasteiger partial charge in [0.05, 0.1) is 17.3 Å². The molecule has 0 bridgehead atoms. The average molecular weight is 406 g/mol. The van der Waals surface area contributed by atoms with E-state index in [1.165, 1.54) is 6.07 Å². The molecule has 1 amide bonds. The number of rotatable bonds is 7. The van der Waals surface area contributed by atoms with E-state index >= 15 is 0 Å². The third-order valence-corrected chi connectivity index (χ3v) is 5.44. The molecule has 0 radical (unpaired) electrons. The molecule has 3 aromatic rings. The smallest absolute Gasteiger partial charge is 0.252 e. The maximum absolute atomic E-state index is 13.1. The minimum absolute atomic E-state index is 0.102. The zero-order valence-electron chi connectivity index (χ0n) is 17.6. The summed E-state index contributed by atoms with van der Waals surface area (Å²) in [6.45, 7) is 5.96. The van der Waals surface area contributed by atoms with Crippen molar-refractivity contribution in [3.05, 3.63) is 69.8 Å². The summed E-state index contributed by atoms with van der Waals surface area (Å²) in [5, 5.41) is 7.69. The van der Waals surface area contributed by atoms with Crippen molar-refractivity contribution < 1.29 is 4.79 Å². The van der Waals surface area contributed by atoms with Crippen molar-refractivity contribution in [1.29, 1.82) is 0 Å². The van der Waals surface area contributed by atoms with E-state index in [1.54, 1.807) is 4.68 Å². The van der Waals surface area contributed by atoms with Crippen LogP contribution in [0.4, 0.5) is 5.82 Å². The Labute approximate surface area is 175 Å². The van der Waals surface area contributed by atoms with Gasteiger partial charge in [0.1, 0.15) is 5.82 Å². The Morgan fingerprint density at radius 1 is 1.23 bits per heavy atom. The minimum atomic E-state index is -0.270. The van der Waals surface area contributed by atoms with Crippen molar-refractivity contribution in [2.24, 2.45) is 0 Å². The normalized spacial score (nSPS) is 14.7. The predicted molar refractivity (Wildman–Crippen MR) is 116 cm³/mol. The second-order valence-corrected chi connectivity index (χ2v) is 8.15. The third kappa shape index (κ3) is 4.20. The Morgan fingerprint density at radius 3 is 2.60 bits per heavy atom. The Morgan fingerprint density at radius 2 is 1.97 bits per heavy atom. The van der Waals surface area contributed by atoms with Gasteiger partial charge in [0.25, 0.3) is 5.56 Å². The van der Waals surface area contributed by atoms with E-state index in [1.807, 2.05) is 57.2 Å². The zero-order chi connectivity index (χ0) is 21.3. The summed E-state index contributed by atoms with van der Waals surface area (Å²) in [5.41, 5.74) is 2.33. The first kappa shape index (κ1) is 20.1. The third-order valence-electron chi connectivity index (χ3n) is 5.44. The second-order valence-electron chi connectivity index (χ2n) is 8.15. The summed E-state index contributed by atoms with van der Waals surface area (Å²) < 4.78 is 1.55. The van der Waals surface area contributed by atoms with Gasteiger partial charge >= 0.3 is 0 Å². The molecule has 7 heteroatoms. The molecule has 1 saturated carbocycles. The molecule has 4 rings (SSSR count). The van der Waals surface area contributed by atoms with E-state index in [0.29, 0.717) is 29.8 Å². The molecule has 2 N–H and O–H groups in total. The van der Waals surface area contributed by atoms with Crippen LogP contribution in [-0.2, 0) is 4.79 Å². The summed E-state index contributed by atoms with van der Waals surface area (Å²) in [7, 11) is 0. The molecule has 2 heterocycles. The maximum atomic E-state index is 13.1. The molecule has 30 heavy (non-hydrogen) atoms. The minimum Gasteiger partial charge on any atom is -0.310 e. The molecular weight excluding hydrogens is 378 g/mol. The van der Waals surface area contributed by atoms with Gasteiger partial charge in [-0.05, 0) is 30.7 Å². The van der Waals surface area contributed by atoms with Crippen LogP contribution in [0.2, 0.25) is 0 Å². The molecule has 1 unspecified atom stereocenters. The summed E-state index contributed by atoms with van der Waals surface area (Å²) in [4.78, 5) is 32.7. The van der Waals surface area contributed by atoms with Crippen LogP contribution in [0.3, 0.4) is 0 Å². The van der Waals surface area contributed by atoms with Crippen molar-refractivity contribution >= 4 is 11.7 Å². The second kappa shape index (κ2) is 8.26. The van der Waals surface area contributed by atoms with Gasteiger partial charge in [-0.2, -0.15) is 9.78 Å². The van der Waals surface area contributed by atoms with Gasteiger partial charge in [0.2, 0.25) is 11.9 Å². The van der Waals surface area contributed by atoms with Gasteiger partial charge in [0, 0.05) is 18.1 Å². The molecule has 1 aliphatic carbocycles. The Bertz CT molecular complexity index is 1100. The van der Waals surface area contributed by atoms with Crippen LogP contribution in [0.1, 0.15) is 74.7 Å². The van der Waals surface area contributed by atoms with Crippen LogP contribution in [0.5, 0.6) is 0 Å². The summed E-state index contributed by atoms with van der Waals surface area (Å²) in [6, 6.07) is 13.1. The number of H-pyrrole nitrogens is 1. The molecule has 1 aliphatic rings. The predicted octanol–water partition coefficient (Wildman–Crippen LogP) is 4.09. The van der Waals surface area contributed by atoms with Crippen LogP contribution < -0.4 is 10.9 Å². The van der Waals surface area contributed by atoms with Crippen LogP contribution in [0.25, 0.3) is 5.95 Å². The van der Waals surface area contributed by atoms with Crippen molar-refractivity contribution in [2.45, 2.75) is 57.8 Å². The lowest BCUT2D eigenvalue weighted by molar-refractivity contribution is -0.117. The Hall–Kier alpha value is -3.22. The average Bonchev–Trinajstić information content (AvgIpc) is 3.49. The lowest BCUT2D eigenvalue weighted by Gasteiger charge is -2.16. The number of benzene rings is 1. The molecule has 0 saturated heterocycles.